The maximum absolute atomic E-state index is 15.2. The molecule has 2 aromatic heterocycles. The number of halogens is 2. The number of nitrogens with one attached hydrogen (secondary N) is 1. The molecule has 11 heteroatoms. The van der Waals surface area contributed by atoms with Crippen molar-refractivity contribution in [1.29, 1.82) is 0 Å². The third kappa shape index (κ3) is 7.50. The molecule has 2 aliphatic heterocycles. The first kappa shape index (κ1) is 31.3. The monoisotopic (exact) mass is 640 g/mol. The summed E-state index contributed by atoms with van der Waals surface area (Å²) in [6, 6.07) is 23.1. The molecule has 0 unspecified atom stereocenters. The van der Waals surface area contributed by atoms with Crippen molar-refractivity contribution in [2.24, 2.45) is 0 Å². The highest BCUT2D eigenvalue weighted by atomic mass is 19.1. The summed E-state index contributed by atoms with van der Waals surface area (Å²) in [5.74, 6) is -0.779. The largest absolute Gasteiger partial charge is 0.379 e. The van der Waals surface area contributed by atoms with E-state index in [9.17, 15) is 0 Å². The first-order chi connectivity index (χ1) is 23.1. The standard InChI is InChI=1S/C36H38F2N6O3/c37-32-20-30(21-33(38)31(32)23-42-12-16-45-17-13-42)44-11-10-28-22-39-36(41-35(28)44)40-29-8-6-27(7-9-29)34-25-47-19-15-43(34)14-18-46-24-26-4-2-1-3-5-26/h1-11,20-22,34H,12-19,23-25H2,(H,39,40,41)/t34-/m1/s1. The molecule has 0 aliphatic carbocycles. The Morgan fingerprint density at radius 1 is 0.894 bits per heavy atom. The highest BCUT2D eigenvalue weighted by Gasteiger charge is 2.24. The molecule has 0 spiro atoms. The van der Waals surface area contributed by atoms with Crippen LogP contribution in [0, 0.1) is 11.6 Å². The molecule has 7 rings (SSSR count). The molecule has 1 atom stereocenters. The minimum atomic E-state index is -0.581. The van der Waals surface area contributed by atoms with E-state index in [2.05, 4.69) is 39.5 Å². The van der Waals surface area contributed by atoms with E-state index in [4.69, 9.17) is 19.2 Å². The van der Waals surface area contributed by atoms with Gasteiger partial charge in [0, 0.05) is 61.8 Å². The van der Waals surface area contributed by atoms with Gasteiger partial charge in [-0.3, -0.25) is 9.80 Å². The molecule has 9 nitrogen and oxygen atoms in total. The Hall–Kier alpha value is -4.26. The SMILES string of the molecule is Fc1cc(-n2ccc3cnc(Nc4ccc([C@H]5COCCN5CCOCc5ccccc5)cc4)nc32)cc(F)c1CN1CCOCC1. The quantitative estimate of drug-likeness (QED) is 0.180. The average molecular weight is 641 g/mol. The molecule has 2 saturated heterocycles. The van der Waals surface area contributed by atoms with E-state index in [0.717, 1.165) is 29.7 Å². The van der Waals surface area contributed by atoms with Crippen molar-refractivity contribution in [2.45, 2.75) is 19.2 Å². The first-order valence-corrected chi connectivity index (χ1v) is 16.0. The van der Waals surface area contributed by atoms with Crippen LogP contribution in [-0.2, 0) is 27.4 Å². The van der Waals surface area contributed by atoms with Crippen molar-refractivity contribution in [2.75, 3.05) is 64.5 Å². The summed E-state index contributed by atoms with van der Waals surface area (Å²) in [5.41, 5.74) is 4.12. The average Bonchev–Trinajstić information content (AvgIpc) is 3.53. The molecule has 0 radical (unpaired) electrons. The summed E-state index contributed by atoms with van der Waals surface area (Å²) < 4.78 is 49.2. The molecule has 47 heavy (non-hydrogen) atoms. The van der Waals surface area contributed by atoms with Gasteiger partial charge in [0.25, 0.3) is 0 Å². The molecule has 244 valence electrons. The number of ether oxygens (including phenoxy) is 3. The van der Waals surface area contributed by atoms with Gasteiger partial charge >= 0.3 is 0 Å². The Morgan fingerprint density at radius 2 is 1.66 bits per heavy atom. The van der Waals surface area contributed by atoms with Crippen LogP contribution in [0.5, 0.6) is 0 Å². The lowest BCUT2D eigenvalue weighted by Gasteiger charge is -2.35. The summed E-state index contributed by atoms with van der Waals surface area (Å²) >= 11 is 0. The maximum Gasteiger partial charge on any atom is 0.229 e. The molecular formula is C36H38F2N6O3. The van der Waals surface area contributed by atoms with Crippen LogP contribution in [0.3, 0.4) is 0 Å². The molecular weight excluding hydrogens is 602 g/mol. The Balaban J connectivity index is 1.01. The van der Waals surface area contributed by atoms with Gasteiger partial charge in [-0.25, -0.2) is 13.8 Å². The van der Waals surface area contributed by atoms with Crippen molar-refractivity contribution in [1.82, 2.24) is 24.3 Å². The molecule has 2 aliphatic rings. The lowest BCUT2D eigenvalue weighted by atomic mass is 10.0. The fourth-order valence-electron chi connectivity index (χ4n) is 6.13. The van der Waals surface area contributed by atoms with Crippen LogP contribution in [0.1, 0.15) is 22.7 Å². The number of hydrogen-bond donors (Lipinski definition) is 1. The topological polar surface area (TPSA) is 76.9 Å². The smallest absolute Gasteiger partial charge is 0.229 e. The Bertz CT molecular complexity index is 1760. The van der Waals surface area contributed by atoms with Crippen LogP contribution in [-0.4, -0.2) is 83.5 Å². The van der Waals surface area contributed by atoms with Crippen molar-refractivity contribution in [3.8, 4) is 5.69 Å². The van der Waals surface area contributed by atoms with Crippen LogP contribution in [0.4, 0.5) is 20.4 Å². The summed E-state index contributed by atoms with van der Waals surface area (Å²) in [5, 5.41) is 4.03. The molecule has 0 saturated carbocycles. The number of hydrogen-bond acceptors (Lipinski definition) is 8. The van der Waals surface area contributed by atoms with Gasteiger partial charge in [0.15, 0.2) is 0 Å². The maximum atomic E-state index is 15.2. The minimum Gasteiger partial charge on any atom is -0.379 e. The van der Waals surface area contributed by atoms with E-state index >= 15 is 8.78 Å². The van der Waals surface area contributed by atoms with Gasteiger partial charge < -0.3 is 24.1 Å². The highest BCUT2D eigenvalue weighted by Crippen LogP contribution is 2.28. The van der Waals surface area contributed by atoms with Gasteiger partial charge in [0.2, 0.25) is 5.95 Å². The summed E-state index contributed by atoms with van der Waals surface area (Å²) in [6.07, 6.45) is 3.45. The number of nitrogens with zero attached hydrogens (tertiary/aromatic N) is 5. The lowest BCUT2D eigenvalue weighted by Crippen LogP contribution is -2.41. The highest BCUT2D eigenvalue weighted by molar-refractivity contribution is 5.78. The normalized spacial score (nSPS) is 17.7. The number of morpholine rings is 2. The molecule has 2 fully saturated rings. The van der Waals surface area contributed by atoms with Crippen molar-refractivity contribution >= 4 is 22.7 Å². The van der Waals surface area contributed by atoms with Crippen molar-refractivity contribution in [3.05, 3.63) is 114 Å². The van der Waals surface area contributed by atoms with Gasteiger partial charge in [-0.1, -0.05) is 42.5 Å². The second-order valence-corrected chi connectivity index (χ2v) is 11.8. The summed E-state index contributed by atoms with van der Waals surface area (Å²) in [6.45, 7) is 6.87. The van der Waals surface area contributed by atoms with Crippen LogP contribution in [0.2, 0.25) is 0 Å². The van der Waals surface area contributed by atoms with Crippen LogP contribution < -0.4 is 5.32 Å². The second kappa shape index (κ2) is 14.7. The first-order valence-electron chi connectivity index (χ1n) is 16.0. The summed E-state index contributed by atoms with van der Waals surface area (Å²) in [4.78, 5) is 13.6. The Morgan fingerprint density at radius 3 is 2.45 bits per heavy atom. The van der Waals surface area contributed by atoms with Gasteiger partial charge in [-0.2, -0.15) is 4.98 Å². The molecule has 0 amide bonds. The van der Waals surface area contributed by atoms with Gasteiger partial charge in [-0.15, -0.1) is 0 Å². The number of anilines is 2. The minimum absolute atomic E-state index is 0.0619. The zero-order valence-electron chi connectivity index (χ0n) is 26.2. The number of rotatable bonds is 11. The molecule has 5 aromatic rings. The van der Waals surface area contributed by atoms with E-state index in [0.29, 0.717) is 70.0 Å². The van der Waals surface area contributed by atoms with E-state index in [1.165, 1.54) is 17.7 Å². The predicted molar refractivity (Wildman–Crippen MR) is 176 cm³/mol. The molecule has 1 N–H and O–H groups in total. The fraction of sp³-hybridized carbons (Fsp3) is 0.333. The van der Waals surface area contributed by atoms with Gasteiger partial charge in [0.1, 0.15) is 17.3 Å². The van der Waals surface area contributed by atoms with Crippen LogP contribution in [0.15, 0.2) is 85.2 Å². The van der Waals surface area contributed by atoms with Gasteiger partial charge in [-0.05, 0) is 41.5 Å². The Labute approximate surface area is 272 Å². The Kier molecular flexibility index (Phi) is 9.78. The van der Waals surface area contributed by atoms with E-state index in [1.807, 2.05) is 41.3 Å². The summed E-state index contributed by atoms with van der Waals surface area (Å²) in [7, 11) is 0. The second-order valence-electron chi connectivity index (χ2n) is 11.8. The third-order valence-corrected chi connectivity index (χ3v) is 8.74. The lowest BCUT2D eigenvalue weighted by molar-refractivity contribution is -0.0228. The number of benzene rings is 3. The van der Waals surface area contributed by atoms with E-state index in [-0.39, 0.29) is 18.2 Å². The molecule has 0 bridgehead atoms. The van der Waals surface area contributed by atoms with Gasteiger partial charge in [0.05, 0.1) is 51.4 Å². The third-order valence-electron chi connectivity index (χ3n) is 8.74. The zero-order valence-corrected chi connectivity index (χ0v) is 26.2. The van der Waals surface area contributed by atoms with E-state index in [1.54, 1.807) is 17.0 Å². The van der Waals surface area contributed by atoms with E-state index < -0.39 is 11.6 Å². The molecule has 4 heterocycles. The van der Waals surface area contributed by atoms with Crippen LogP contribution in [0.25, 0.3) is 16.7 Å². The zero-order chi connectivity index (χ0) is 32.0. The number of aromatic nitrogens is 3. The fourth-order valence-corrected chi connectivity index (χ4v) is 6.13. The molecule has 3 aromatic carbocycles. The predicted octanol–water partition coefficient (Wildman–Crippen LogP) is 5.86. The van der Waals surface area contributed by atoms with Crippen molar-refractivity contribution in [3.63, 3.8) is 0 Å². The van der Waals surface area contributed by atoms with Crippen LogP contribution >= 0.6 is 0 Å². The van der Waals surface area contributed by atoms with Crippen molar-refractivity contribution < 1.29 is 23.0 Å². The number of fused-ring (bicyclic) bond motifs is 1.